The molecule has 2 aromatic carbocycles. The zero-order chi connectivity index (χ0) is 19.9. The van der Waals surface area contributed by atoms with E-state index in [-0.39, 0.29) is 18.2 Å². The highest BCUT2D eigenvalue weighted by atomic mass is 35.5. The van der Waals surface area contributed by atoms with Gasteiger partial charge in [0.15, 0.2) is 5.13 Å². The SMILES string of the molecule is CCOc1ccc(NC(=O)Cc2csc(NC(=O)c3ccc(Cl)cc3)n2)cc1. The van der Waals surface area contributed by atoms with Gasteiger partial charge in [-0.2, -0.15) is 0 Å². The maximum Gasteiger partial charge on any atom is 0.257 e. The zero-order valence-corrected chi connectivity index (χ0v) is 16.6. The molecule has 3 aromatic rings. The van der Waals surface area contributed by atoms with Crippen molar-refractivity contribution in [1.82, 2.24) is 4.98 Å². The van der Waals surface area contributed by atoms with E-state index in [4.69, 9.17) is 16.3 Å². The first kappa shape index (κ1) is 19.9. The van der Waals surface area contributed by atoms with Crippen molar-refractivity contribution in [3.63, 3.8) is 0 Å². The molecule has 0 aliphatic carbocycles. The number of hydrogen-bond donors (Lipinski definition) is 2. The fraction of sp³-hybridized carbons (Fsp3) is 0.150. The van der Waals surface area contributed by atoms with Crippen molar-refractivity contribution in [3.8, 4) is 5.75 Å². The molecule has 28 heavy (non-hydrogen) atoms. The van der Waals surface area contributed by atoms with E-state index in [1.165, 1.54) is 11.3 Å². The van der Waals surface area contributed by atoms with E-state index in [1.807, 2.05) is 6.92 Å². The number of carbonyl (C=O) groups excluding carboxylic acids is 2. The third-order valence-electron chi connectivity index (χ3n) is 3.67. The molecule has 0 radical (unpaired) electrons. The molecule has 0 spiro atoms. The molecule has 2 amide bonds. The van der Waals surface area contributed by atoms with Crippen LogP contribution in [-0.2, 0) is 11.2 Å². The molecule has 0 atom stereocenters. The van der Waals surface area contributed by atoms with Gasteiger partial charge in [-0.3, -0.25) is 14.9 Å². The highest BCUT2D eigenvalue weighted by Crippen LogP contribution is 2.19. The van der Waals surface area contributed by atoms with Crippen LogP contribution in [0.15, 0.2) is 53.9 Å². The predicted octanol–water partition coefficient (Wildman–Crippen LogP) is 4.63. The van der Waals surface area contributed by atoms with Crippen LogP contribution in [0.25, 0.3) is 0 Å². The summed E-state index contributed by atoms with van der Waals surface area (Å²) in [5.41, 5.74) is 1.74. The van der Waals surface area contributed by atoms with E-state index >= 15 is 0 Å². The summed E-state index contributed by atoms with van der Waals surface area (Å²) in [6.45, 7) is 2.50. The maximum absolute atomic E-state index is 12.2. The molecule has 8 heteroatoms. The molecular weight excluding hydrogens is 398 g/mol. The summed E-state index contributed by atoms with van der Waals surface area (Å²) in [5, 5.41) is 8.27. The summed E-state index contributed by atoms with van der Waals surface area (Å²) in [4.78, 5) is 28.7. The summed E-state index contributed by atoms with van der Waals surface area (Å²) in [6.07, 6.45) is 0.112. The van der Waals surface area contributed by atoms with Gasteiger partial charge in [-0.25, -0.2) is 4.98 Å². The fourth-order valence-electron chi connectivity index (χ4n) is 2.39. The Balaban J connectivity index is 1.54. The number of benzene rings is 2. The minimum absolute atomic E-state index is 0.112. The number of anilines is 2. The van der Waals surface area contributed by atoms with Crippen molar-refractivity contribution in [3.05, 3.63) is 70.2 Å². The summed E-state index contributed by atoms with van der Waals surface area (Å²) in [5.74, 6) is 0.280. The van der Waals surface area contributed by atoms with Crippen LogP contribution in [0.3, 0.4) is 0 Å². The standard InChI is InChI=1S/C20H18ClN3O3S/c1-2-27-17-9-7-15(8-10-17)22-18(25)11-16-12-28-20(23-16)24-19(26)13-3-5-14(21)6-4-13/h3-10,12H,2,11H2,1H3,(H,22,25)(H,23,24,26). The number of amides is 2. The van der Waals surface area contributed by atoms with Crippen LogP contribution < -0.4 is 15.4 Å². The number of aromatic nitrogens is 1. The van der Waals surface area contributed by atoms with Gasteiger partial charge in [0.1, 0.15) is 5.75 Å². The zero-order valence-electron chi connectivity index (χ0n) is 15.1. The topological polar surface area (TPSA) is 80.3 Å². The van der Waals surface area contributed by atoms with Gasteiger partial charge in [0.25, 0.3) is 5.91 Å². The Kier molecular flexibility index (Phi) is 6.62. The van der Waals surface area contributed by atoms with Gasteiger partial charge in [-0.1, -0.05) is 11.6 Å². The van der Waals surface area contributed by atoms with Gasteiger partial charge in [-0.15, -0.1) is 11.3 Å². The second-order valence-corrected chi connectivity index (χ2v) is 7.08. The van der Waals surface area contributed by atoms with Crippen molar-refractivity contribution in [2.24, 2.45) is 0 Å². The molecule has 2 N–H and O–H groups in total. The van der Waals surface area contributed by atoms with Gasteiger partial charge in [0, 0.05) is 21.7 Å². The van der Waals surface area contributed by atoms with Crippen molar-refractivity contribution >= 4 is 45.6 Å². The Morgan fingerprint density at radius 3 is 2.46 bits per heavy atom. The van der Waals surface area contributed by atoms with Crippen molar-refractivity contribution in [2.75, 3.05) is 17.2 Å². The third-order valence-corrected chi connectivity index (χ3v) is 4.73. The quantitative estimate of drug-likeness (QED) is 0.589. The van der Waals surface area contributed by atoms with E-state index in [1.54, 1.807) is 53.9 Å². The van der Waals surface area contributed by atoms with Crippen LogP contribution in [-0.4, -0.2) is 23.4 Å². The third kappa shape index (κ3) is 5.55. The molecule has 0 aliphatic heterocycles. The molecule has 1 aromatic heterocycles. The molecule has 144 valence electrons. The van der Waals surface area contributed by atoms with E-state index in [2.05, 4.69) is 15.6 Å². The number of hydrogen-bond acceptors (Lipinski definition) is 5. The number of nitrogens with zero attached hydrogens (tertiary/aromatic N) is 1. The lowest BCUT2D eigenvalue weighted by Crippen LogP contribution is -2.15. The fourth-order valence-corrected chi connectivity index (χ4v) is 3.22. The number of halogens is 1. The molecule has 0 bridgehead atoms. The average molecular weight is 416 g/mol. The first-order valence-electron chi connectivity index (χ1n) is 8.57. The molecular formula is C20H18ClN3O3S. The Morgan fingerprint density at radius 2 is 1.79 bits per heavy atom. The maximum atomic E-state index is 12.2. The molecule has 1 heterocycles. The molecule has 0 saturated heterocycles. The van der Waals surface area contributed by atoms with Crippen molar-refractivity contribution in [1.29, 1.82) is 0 Å². The molecule has 3 rings (SSSR count). The van der Waals surface area contributed by atoms with Gasteiger partial charge in [0.2, 0.25) is 5.91 Å². The summed E-state index contributed by atoms with van der Waals surface area (Å²) < 4.78 is 5.37. The highest BCUT2D eigenvalue weighted by Gasteiger charge is 2.11. The van der Waals surface area contributed by atoms with Gasteiger partial charge < -0.3 is 10.1 Å². The lowest BCUT2D eigenvalue weighted by Gasteiger charge is -2.06. The minimum atomic E-state index is -0.281. The number of thiazole rings is 1. The number of rotatable bonds is 7. The largest absolute Gasteiger partial charge is 0.494 e. The number of nitrogens with one attached hydrogen (secondary N) is 2. The summed E-state index contributed by atoms with van der Waals surface area (Å²) in [7, 11) is 0. The first-order chi connectivity index (χ1) is 13.5. The Bertz CT molecular complexity index is 956. The Morgan fingerprint density at radius 1 is 1.07 bits per heavy atom. The summed E-state index contributed by atoms with van der Waals surface area (Å²) in [6, 6.07) is 13.7. The second kappa shape index (κ2) is 9.34. The smallest absolute Gasteiger partial charge is 0.257 e. The number of ether oxygens (including phenoxy) is 1. The van der Waals surface area contributed by atoms with E-state index < -0.39 is 0 Å². The molecule has 6 nitrogen and oxygen atoms in total. The van der Waals surface area contributed by atoms with Crippen molar-refractivity contribution in [2.45, 2.75) is 13.3 Å². The number of carbonyl (C=O) groups is 2. The van der Waals surface area contributed by atoms with Crippen LogP contribution in [0, 0.1) is 0 Å². The van der Waals surface area contributed by atoms with Crippen LogP contribution in [0.2, 0.25) is 5.02 Å². The van der Waals surface area contributed by atoms with Gasteiger partial charge in [-0.05, 0) is 55.5 Å². The monoisotopic (exact) mass is 415 g/mol. The van der Waals surface area contributed by atoms with Crippen LogP contribution in [0.5, 0.6) is 5.75 Å². The van der Waals surface area contributed by atoms with E-state index in [9.17, 15) is 9.59 Å². The van der Waals surface area contributed by atoms with E-state index in [0.29, 0.717) is 33.7 Å². The molecule has 0 saturated carbocycles. The summed E-state index contributed by atoms with van der Waals surface area (Å²) >= 11 is 7.09. The first-order valence-corrected chi connectivity index (χ1v) is 9.83. The molecule has 0 unspecified atom stereocenters. The Hall–Kier alpha value is -2.90. The average Bonchev–Trinajstić information content (AvgIpc) is 3.10. The van der Waals surface area contributed by atoms with E-state index in [0.717, 1.165) is 5.75 Å². The van der Waals surface area contributed by atoms with Gasteiger partial charge >= 0.3 is 0 Å². The minimum Gasteiger partial charge on any atom is -0.494 e. The Labute approximate surface area is 171 Å². The molecule has 0 aliphatic rings. The lowest BCUT2D eigenvalue weighted by atomic mass is 10.2. The normalized spacial score (nSPS) is 10.4. The van der Waals surface area contributed by atoms with Crippen molar-refractivity contribution < 1.29 is 14.3 Å². The second-order valence-electron chi connectivity index (χ2n) is 5.79. The van der Waals surface area contributed by atoms with Crippen LogP contribution in [0.1, 0.15) is 23.0 Å². The molecule has 0 fully saturated rings. The highest BCUT2D eigenvalue weighted by molar-refractivity contribution is 7.14. The van der Waals surface area contributed by atoms with Crippen LogP contribution >= 0.6 is 22.9 Å². The van der Waals surface area contributed by atoms with Crippen LogP contribution in [0.4, 0.5) is 10.8 Å². The predicted molar refractivity (Wildman–Crippen MR) is 111 cm³/mol. The lowest BCUT2D eigenvalue weighted by molar-refractivity contribution is -0.115. The van der Waals surface area contributed by atoms with Gasteiger partial charge in [0.05, 0.1) is 18.7 Å².